The Morgan fingerprint density at radius 3 is 2.56 bits per heavy atom. The van der Waals surface area contributed by atoms with Crippen LogP contribution in [0.25, 0.3) is 0 Å². The average molecular weight is 225 g/mol. The summed E-state index contributed by atoms with van der Waals surface area (Å²) in [6.07, 6.45) is 12.2. The van der Waals surface area contributed by atoms with Crippen LogP contribution in [0.2, 0.25) is 0 Å². The molecule has 16 heavy (non-hydrogen) atoms. The summed E-state index contributed by atoms with van der Waals surface area (Å²) in [7, 11) is 0. The molecule has 0 aromatic carbocycles. The largest absolute Gasteiger partial charge is 0.378 e. The summed E-state index contributed by atoms with van der Waals surface area (Å²) >= 11 is 0. The first kappa shape index (κ1) is 12.4. The summed E-state index contributed by atoms with van der Waals surface area (Å²) in [5, 5.41) is 0. The van der Waals surface area contributed by atoms with Crippen LogP contribution >= 0.6 is 0 Å². The lowest BCUT2D eigenvalue weighted by Gasteiger charge is -2.52. The van der Waals surface area contributed by atoms with E-state index in [0.29, 0.717) is 17.6 Å². The van der Waals surface area contributed by atoms with E-state index >= 15 is 0 Å². The molecule has 0 saturated heterocycles. The van der Waals surface area contributed by atoms with Gasteiger partial charge in [0.25, 0.3) is 0 Å². The maximum absolute atomic E-state index is 6.18. The van der Waals surface area contributed by atoms with Crippen molar-refractivity contribution in [3.8, 4) is 0 Å². The lowest BCUT2D eigenvalue weighted by atomic mass is 9.61. The highest BCUT2D eigenvalue weighted by atomic mass is 16.5. The summed E-state index contributed by atoms with van der Waals surface area (Å²) < 4.78 is 6.05. The molecule has 2 heteroatoms. The smallest absolute Gasteiger partial charge is 0.0661 e. The highest BCUT2D eigenvalue weighted by Crippen LogP contribution is 2.53. The fourth-order valence-corrected chi connectivity index (χ4v) is 3.49. The van der Waals surface area contributed by atoms with Crippen LogP contribution in [0.15, 0.2) is 0 Å². The number of nitrogens with two attached hydrogens (primary N) is 1. The first-order valence-electron chi connectivity index (χ1n) is 7.17. The molecule has 0 amide bonds. The molecule has 2 fully saturated rings. The number of unbranched alkanes of at least 4 members (excludes halogenated alkanes) is 3. The summed E-state index contributed by atoms with van der Waals surface area (Å²) in [4.78, 5) is 0. The normalized spacial score (nSPS) is 31.9. The van der Waals surface area contributed by atoms with Crippen molar-refractivity contribution in [1.29, 1.82) is 0 Å². The van der Waals surface area contributed by atoms with Gasteiger partial charge in [-0.1, -0.05) is 39.0 Å². The SMILES string of the molecule is CCCCCCOC1CC(N)C12CCCC2. The first-order chi connectivity index (χ1) is 7.79. The Labute approximate surface area is 99.9 Å². The number of hydrogen-bond acceptors (Lipinski definition) is 2. The fraction of sp³-hybridized carbons (Fsp3) is 1.00. The van der Waals surface area contributed by atoms with Crippen molar-refractivity contribution in [2.75, 3.05) is 6.61 Å². The summed E-state index contributed by atoms with van der Waals surface area (Å²) in [5.74, 6) is 0. The molecule has 2 N–H and O–H groups in total. The number of rotatable bonds is 6. The highest BCUT2D eigenvalue weighted by molar-refractivity contribution is 5.08. The Hall–Kier alpha value is -0.0800. The molecule has 0 aromatic rings. The zero-order chi connectivity index (χ0) is 11.4. The molecule has 0 bridgehead atoms. The van der Waals surface area contributed by atoms with Crippen molar-refractivity contribution in [3.63, 3.8) is 0 Å². The van der Waals surface area contributed by atoms with Crippen LogP contribution < -0.4 is 5.73 Å². The molecule has 2 unspecified atom stereocenters. The van der Waals surface area contributed by atoms with Crippen molar-refractivity contribution in [3.05, 3.63) is 0 Å². The van der Waals surface area contributed by atoms with Gasteiger partial charge in [0.05, 0.1) is 6.10 Å². The molecule has 2 rings (SSSR count). The van der Waals surface area contributed by atoms with Crippen LogP contribution in [-0.2, 0) is 4.74 Å². The van der Waals surface area contributed by atoms with E-state index in [-0.39, 0.29) is 0 Å². The van der Waals surface area contributed by atoms with Crippen LogP contribution in [0.1, 0.15) is 64.7 Å². The molecule has 2 aliphatic rings. The van der Waals surface area contributed by atoms with Crippen molar-refractivity contribution in [2.24, 2.45) is 11.1 Å². The van der Waals surface area contributed by atoms with Gasteiger partial charge in [-0.2, -0.15) is 0 Å². The van der Waals surface area contributed by atoms with Crippen LogP contribution in [-0.4, -0.2) is 18.8 Å². The van der Waals surface area contributed by atoms with E-state index in [2.05, 4.69) is 6.92 Å². The quantitative estimate of drug-likeness (QED) is 0.704. The van der Waals surface area contributed by atoms with Gasteiger partial charge in [-0.25, -0.2) is 0 Å². The molecule has 2 aliphatic carbocycles. The molecule has 2 saturated carbocycles. The maximum atomic E-state index is 6.18. The zero-order valence-electron chi connectivity index (χ0n) is 10.7. The highest BCUT2D eigenvalue weighted by Gasteiger charge is 2.54. The lowest BCUT2D eigenvalue weighted by Crippen LogP contribution is -2.60. The molecule has 0 aromatic heterocycles. The molecule has 0 aliphatic heterocycles. The van der Waals surface area contributed by atoms with E-state index < -0.39 is 0 Å². The Kier molecular flexibility index (Phi) is 4.26. The third kappa shape index (κ3) is 2.28. The molecule has 94 valence electrons. The second-order valence-corrected chi connectivity index (χ2v) is 5.70. The Balaban J connectivity index is 1.66. The third-order valence-electron chi connectivity index (χ3n) is 4.70. The van der Waals surface area contributed by atoms with Crippen molar-refractivity contribution < 1.29 is 4.74 Å². The summed E-state index contributed by atoms with van der Waals surface area (Å²) in [5.41, 5.74) is 6.57. The van der Waals surface area contributed by atoms with E-state index in [4.69, 9.17) is 10.5 Å². The van der Waals surface area contributed by atoms with Crippen LogP contribution in [0.4, 0.5) is 0 Å². The first-order valence-corrected chi connectivity index (χ1v) is 7.17. The van der Waals surface area contributed by atoms with Gasteiger partial charge in [0.2, 0.25) is 0 Å². The van der Waals surface area contributed by atoms with E-state index in [1.165, 1.54) is 51.4 Å². The van der Waals surface area contributed by atoms with Gasteiger partial charge >= 0.3 is 0 Å². The minimum Gasteiger partial charge on any atom is -0.378 e. The standard InChI is InChI=1S/C14H27NO/c1-2-3-4-7-10-16-13-11-12(15)14(13)8-5-6-9-14/h12-13H,2-11,15H2,1H3. The van der Waals surface area contributed by atoms with Crippen molar-refractivity contribution >= 4 is 0 Å². The fourth-order valence-electron chi connectivity index (χ4n) is 3.49. The van der Waals surface area contributed by atoms with Gasteiger partial charge in [0, 0.05) is 18.1 Å². The predicted molar refractivity (Wildman–Crippen MR) is 67.4 cm³/mol. The number of ether oxygens (including phenoxy) is 1. The van der Waals surface area contributed by atoms with Crippen molar-refractivity contribution in [1.82, 2.24) is 0 Å². The van der Waals surface area contributed by atoms with Gasteiger partial charge in [0.15, 0.2) is 0 Å². The van der Waals surface area contributed by atoms with Gasteiger partial charge in [-0.15, -0.1) is 0 Å². The Morgan fingerprint density at radius 1 is 1.19 bits per heavy atom. The minimum atomic E-state index is 0.394. The molecule has 1 spiro atoms. The molecular formula is C14H27NO. The molecule has 2 atom stereocenters. The predicted octanol–water partition coefficient (Wildman–Crippen LogP) is 3.24. The van der Waals surface area contributed by atoms with E-state index in [1.807, 2.05) is 0 Å². The van der Waals surface area contributed by atoms with Gasteiger partial charge in [0.1, 0.15) is 0 Å². The summed E-state index contributed by atoms with van der Waals surface area (Å²) in [6, 6.07) is 0.427. The second-order valence-electron chi connectivity index (χ2n) is 5.70. The Bertz CT molecular complexity index is 211. The Morgan fingerprint density at radius 2 is 1.94 bits per heavy atom. The summed E-state index contributed by atoms with van der Waals surface area (Å²) in [6.45, 7) is 3.21. The lowest BCUT2D eigenvalue weighted by molar-refractivity contribution is -0.124. The zero-order valence-corrected chi connectivity index (χ0v) is 10.7. The third-order valence-corrected chi connectivity index (χ3v) is 4.70. The molecule has 0 radical (unpaired) electrons. The average Bonchev–Trinajstić information content (AvgIpc) is 2.79. The van der Waals surface area contributed by atoms with Crippen molar-refractivity contribution in [2.45, 2.75) is 76.9 Å². The number of hydrogen-bond donors (Lipinski definition) is 1. The van der Waals surface area contributed by atoms with Gasteiger partial charge in [-0.05, 0) is 25.7 Å². The van der Waals surface area contributed by atoms with E-state index in [1.54, 1.807) is 0 Å². The van der Waals surface area contributed by atoms with E-state index in [0.717, 1.165) is 13.0 Å². The van der Waals surface area contributed by atoms with Gasteiger partial charge < -0.3 is 10.5 Å². The minimum absolute atomic E-state index is 0.394. The monoisotopic (exact) mass is 225 g/mol. The van der Waals surface area contributed by atoms with E-state index in [9.17, 15) is 0 Å². The molecular weight excluding hydrogens is 198 g/mol. The maximum Gasteiger partial charge on any atom is 0.0661 e. The second kappa shape index (κ2) is 5.50. The van der Waals surface area contributed by atoms with Crippen LogP contribution in [0.5, 0.6) is 0 Å². The topological polar surface area (TPSA) is 35.2 Å². The van der Waals surface area contributed by atoms with Crippen LogP contribution in [0, 0.1) is 5.41 Å². The molecule has 2 nitrogen and oxygen atoms in total. The van der Waals surface area contributed by atoms with Gasteiger partial charge in [-0.3, -0.25) is 0 Å². The van der Waals surface area contributed by atoms with Crippen LogP contribution in [0.3, 0.4) is 0 Å². The molecule has 0 heterocycles.